The van der Waals surface area contributed by atoms with Crippen LogP contribution in [-0.4, -0.2) is 46.6 Å². The lowest BCUT2D eigenvalue weighted by molar-refractivity contribution is 0.0544. The van der Waals surface area contributed by atoms with Gasteiger partial charge in [0, 0.05) is 37.8 Å². The van der Waals surface area contributed by atoms with Gasteiger partial charge in [-0.05, 0) is 19.8 Å². The molecule has 0 spiro atoms. The van der Waals surface area contributed by atoms with Crippen molar-refractivity contribution >= 4 is 22.7 Å². The highest BCUT2D eigenvalue weighted by molar-refractivity contribution is 7.09. The minimum atomic E-state index is -0.131. The van der Waals surface area contributed by atoms with E-state index >= 15 is 0 Å². The van der Waals surface area contributed by atoms with E-state index in [1.54, 1.807) is 18.9 Å². The Morgan fingerprint density at radius 1 is 1.53 bits per heavy atom. The molecule has 0 bridgehead atoms. The van der Waals surface area contributed by atoms with Crippen LogP contribution in [0, 0.1) is 6.92 Å². The van der Waals surface area contributed by atoms with Gasteiger partial charge < -0.3 is 9.64 Å². The standard InChI is InChI=1S/C10H16N4O2S/c1-7-11-9(17-13-7)12-10(15)14(2)8-3-5-16-6-4-8/h8H,3-6H2,1-2H3,(H,11,12,13,15). The van der Waals surface area contributed by atoms with E-state index in [1.165, 1.54) is 11.5 Å². The third-order valence-corrected chi connectivity index (χ3v) is 3.52. The summed E-state index contributed by atoms with van der Waals surface area (Å²) in [7, 11) is 1.80. The van der Waals surface area contributed by atoms with Crippen LogP contribution in [-0.2, 0) is 4.74 Å². The molecule has 1 aliphatic rings. The average Bonchev–Trinajstić information content (AvgIpc) is 2.75. The number of ether oxygens (including phenoxy) is 1. The normalized spacial score (nSPS) is 16.8. The van der Waals surface area contributed by atoms with Gasteiger partial charge in [0.2, 0.25) is 5.13 Å². The summed E-state index contributed by atoms with van der Waals surface area (Å²) in [4.78, 5) is 17.8. The van der Waals surface area contributed by atoms with Crippen LogP contribution in [0.25, 0.3) is 0 Å². The number of urea groups is 1. The number of anilines is 1. The third-order valence-electron chi connectivity index (χ3n) is 2.80. The van der Waals surface area contributed by atoms with Crippen molar-refractivity contribution in [2.24, 2.45) is 0 Å². The van der Waals surface area contributed by atoms with Crippen LogP contribution in [0.4, 0.5) is 9.93 Å². The van der Waals surface area contributed by atoms with Crippen LogP contribution < -0.4 is 5.32 Å². The van der Waals surface area contributed by atoms with Crippen molar-refractivity contribution in [1.82, 2.24) is 14.3 Å². The van der Waals surface area contributed by atoms with Gasteiger partial charge in [-0.1, -0.05) is 0 Å². The van der Waals surface area contributed by atoms with Crippen LogP contribution >= 0.6 is 11.5 Å². The number of carbonyl (C=O) groups is 1. The monoisotopic (exact) mass is 256 g/mol. The SMILES string of the molecule is Cc1nsc(NC(=O)N(C)C2CCOCC2)n1. The Morgan fingerprint density at radius 2 is 2.24 bits per heavy atom. The number of amides is 2. The number of aromatic nitrogens is 2. The lowest BCUT2D eigenvalue weighted by Gasteiger charge is -2.30. The molecule has 0 radical (unpaired) electrons. The Bertz CT molecular complexity index is 389. The molecular formula is C10H16N4O2S. The summed E-state index contributed by atoms with van der Waals surface area (Å²) in [6, 6.07) is 0.116. The molecule has 0 atom stereocenters. The lowest BCUT2D eigenvalue weighted by atomic mass is 10.1. The number of carbonyl (C=O) groups excluding carboxylic acids is 1. The Hall–Kier alpha value is -1.21. The van der Waals surface area contributed by atoms with Gasteiger partial charge in [-0.15, -0.1) is 0 Å². The molecule has 2 rings (SSSR count). The number of rotatable bonds is 2. The van der Waals surface area contributed by atoms with E-state index in [0.717, 1.165) is 26.1 Å². The van der Waals surface area contributed by atoms with Gasteiger partial charge in [0.1, 0.15) is 5.82 Å². The quantitative estimate of drug-likeness (QED) is 0.870. The number of hydrogen-bond donors (Lipinski definition) is 1. The summed E-state index contributed by atoms with van der Waals surface area (Å²) >= 11 is 1.20. The summed E-state index contributed by atoms with van der Waals surface area (Å²) in [5.41, 5.74) is 0. The van der Waals surface area contributed by atoms with Crippen molar-refractivity contribution in [1.29, 1.82) is 0 Å². The summed E-state index contributed by atoms with van der Waals surface area (Å²) in [6.07, 6.45) is 1.78. The van der Waals surface area contributed by atoms with Crippen LogP contribution in [0.3, 0.4) is 0 Å². The Kier molecular flexibility index (Phi) is 3.90. The zero-order chi connectivity index (χ0) is 12.3. The van der Waals surface area contributed by atoms with Crippen LogP contribution in [0.15, 0.2) is 0 Å². The van der Waals surface area contributed by atoms with Crippen molar-refractivity contribution < 1.29 is 9.53 Å². The van der Waals surface area contributed by atoms with E-state index in [-0.39, 0.29) is 12.1 Å². The number of hydrogen-bond acceptors (Lipinski definition) is 5. The molecule has 1 aliphatic heterocycles. The van der Waals surface area contributed by atoms with Gasteiger partial charge in [0.15, 0.2) is 0 Å². The minimum absolute atomic E-state index is 0.131. The third kappa shape index (κ3) is 3.13. The molecular weight excluding hydrogens is 240 g/mol. The molecule has 6 nitrogen and oxygen atoms in total. The van der Waals surface area contributed by atoms with Gasteiger partial charge in [-0.25, -0.2) is 9.78 Å². The first-order valence-electron chi connectivity index (χ1n) is 5.58. The predicted molar refractivity (Wildman–Crippen MR) is 65.3 cm³/mol. The van der Waals surface area contributed by atoms with Crippen molar-refractivity contribution in [3.05, 3.63) is 5.82 Å². The molecule has 17 heavy (non-hydrogen) atoms. The highest BCUT2D eigenvalue weighted by Crippen LogP contribution is 2.15. The van der Waals surface area contributed by atoms with Crippen molar-refractivity contribution in [3.63, 3.8) is 0 Å². The molecule has 1 N–H and O–H groups in total. The van der Waals surface area contributed by atoms with Crippen LogP contribution in [0.2, 0.25) is 0 Å². The fourth-order valence-electron chi connectivity index (χ4n) is 1.77. The van der Waals surface area contributed by atoms with E-state index in [2.05, 4.69) is 14.7 Å². The van der Waals surface area contributed by atoms with E-state index < -0.39 is 0 Å². The fourth-order valence-corrected chi connectivity index (χ4v) is 2.33. The van der Waals surface area contributed by atoms with E-state index in [9.17, 15) is 4.79 Å². The lowest BCUT2D eigenvalue weighted by Crippen LogP contribution is -2.42. The zero-order valence-corrected chi connectivity index (χ0v) is 10.8. The minimum Gasteiger partial charge on any atom is -0.381 e. The molecule has 2 amide bonds. The Labute approximate surface area is 104 Å². The molecule has 0 unspecified atom stereocenters. The second-order valence-electron chi connectivity index (χ2n) is 4.03. The highest BCUT2D eigenvalue weighted by atomic mass is 32.1. The Morgan fingerprint density at radius 3 is 2.82 bits per heavy atom. The Balaban J connectivity index is 1.90. The first-order valence-corrected chi connectivity index (χ1v) is 6.36. The van der Waals surface area contributed by atoms with Crippen LogP contribution in [0.1, 0.15) is 18.7 Å². The average molecular weight is 256 g/mol. The molecule has 1 aromatic heterocycles. The molecule has 1 aromatic rings. The van der Waals surface area contributed by atoms with Gasteiger partial charge in [0.25, 0.3) is 0 Å². The van der Waals surface area contributed by atoms with Gasteiger partial charge in [0.05, 0.1) is 0 Å². The van der Waals surface area contributed by atoms with E-state index in [0.29, 0.717) is 11.0 Å². The van der Waals surface area contributed by atoms with Crippen molar-refractivity contribution in [3.8, 4) is 0 Å². The van der Waals surface area contributed by atoms with Gasteiger partial charge in [-0.3, -0.25) is 5.32 Å². The molecule has 94 valence electrons. The number of nitrogens with zero attached hydrogens (tertiary/aromatic N) is 3. The molecule has 0 aliphatic carbocycles. The molecule has 1 fully saturated rings. The molecule has 7 heteroatoms. The maximum absolute atomic E-state index is 11.9. The second kappa shape index (κ2) is 5.42. The van der Waals surface area contributed by atoms with Gasteiger partial charge >= 0.3 is 6.03 Å². The number of aryl methyl sites for hydroxylation is 1. The van der Waals surface area contributed by atoms with E-state index in [4.69, 9.17) is 4.74 Å². The smallest absolute Gasteiger partial charge is 0.323 e. The van der Waals surface area contributed by atoms with Crippen molar-refractivity contribution in [2.45, 2.75) is 25.8 Å². The summed E-state index contributed by atoms with van der Waals surface area (Å²) in [5.74, 6) is 0.680. The van der Waals surface area contributed by atoms with Gasteiger partial charge in [-0.2, -0.15) is 4.37 Å². The highest BCUT2D eigenvalue weighted by Gasteiger charge is 2.22. The molecule has 0 saturated carbocycles. The summed E-state index contributed by atoms with van der Waals surface area (Å²) in [6.45, 7) is 3.24. The molecule has 1 saturated heterocycles. The second-order valence-corrected chi connectivity index (χ2v) is 4.78. The first kappa shape index (κ1) is 12.3. The predicted octanol–water partition coefficient (Wildman–Crippen LogP) is 1.49. The maximum atomic E-state index is 11.9. The van der Waals surface area contributed by atoms with Crippen molar-refractivity contribution in [2.75, 3.05) is 25.6 Å². The first-order chi connectivity index (χ1) is 8.16. The summed E-state index contributed by atoms with van der Waals surface area (Å²) in [5, 5.41) is 3.30. The molecule has 2 heterocycles. The zero-order valence-electron chi connectivity index (χ0n) is 9.97. The fraction of sp³-hybridized carbons (Fsp3) is 0.700. The largest absolute Gasteiger partial charge is 0.381 e. The van der Waals surface area contributed by atoms with E-state index in [1.807, 2.05) is 0 Å². The maximum Gasteiger partial charge on any atom is 0.323 e. The topological polar surface area (TPSA) is 67.4 Å². The number of nitrogens with one attached hydrogen (secondary N) is 1. The van der Waals surface area contributed by atoms with Crippen LogP contribution in [0.5, 0.6) is 0 Å². The molecule has 0 aromatic carbocycles. The summed E-state index contributed by atoms with van der Waals surface area (Å²) < 4.78 is 9.29.